The van der Waals surface area contributed by atoms with Gasteiger partial charge >= 0.3 is 41.2 Å². The first-order valence-electron chi connectivity index (χ1n) is 7.81. The van der Waals surface area contributed by atoms with Crippen molar-refractivity contribution in [3.8, 4) is 0 Å². The molecule has 0 unspecified atom stereocenters. The van der Waals surface area contributed by atoms with Gasteiger partial charge in [0.15, 0.2) is 0 Å². The summed E-state index contributed by atoms with van der Waals surface area (Å²) in [5.74, 6) is -7.62. The van der Waals surface area contributed by atoms with Crippen LogP contribution in [0.25, 0.3) is 0 Å². The first-order valence-corrected chi connectivity index (χ1v) is 7.81. The summed E-state index contributed by atoms with van der Waals surface area (Å²) < 4.78 is 0. The quantitative estimate of drug-likeness (QED) is 0.170. The molecule has 0 aromatic carbocycles. The zero-order valence-electron chi connectivity index (χ0n) is 18.9. The topological polar surface area (TPSA) is 270 Å². The van der Waals surface area contributed by atoms with Crippen LogP contribution in [0, 0.1) is 0 Å². The van der Waals surface area contributed by atoms with Crippen LogP contribution in [0.3, 0.4) is 0 Å². The average molecular weight is 561 g/mol. The van der Waals surface area contributed by atoms with Gasteiger partial charge in [-0.15, -0.1) is 0 Å². The number of carboxylic acid groups (broad SMARTS) is 7. The fraction of sp³-hybridized carbons (Fsp3) is 0. The third-order valence-corrected chi connectivity index (χ3v) is 1.20. The molecule has 0 radical (unpaired) electrons. The van der Waals surface area contributed by atoms with Crippen LogP contribution >= 0.6 is 0 Å². The summed E-state index contributed by atoms with van der Waals surface area (Å²) in [6.45, 7) is 20.5. The molecule has 0 aliphatic carbocycles. The third kappa shape index (κ3) is 314. The number of hydrogen-bond acceptors (Lipinski definition) is 10. The van der Waals surface area contributed by atoms with Crippen molar-refractivity contribution in [3.63, 3.8) is 0 Å². The van der Waals surface area contributed by atoms with Gasteiger partial charge < -0.3 is 50.1 Å². The monoisotopic (exact) mass is 560 g/mol. The van der Waals surface area contributed by atoms with E-state index in [1.54, 1.807) is 0 Å². The Bertz CT molecular complexity index is 581. The van der Waals surface area contributed by atoms with Crippen LogP contribution in [-0.2, 0) is 33.6 Å². The molecule has 0 aromatic heterocycles. The Morgan fingerprint density at radius 3 is 0.459 bits per heavy atom. The number of rotatable bonds is 7. The van der Waals surface area contributed by atoms with Crippen LogP contribution in [0.1, 0.15) is 0 Å². The first-order chi connectivity index (χ1) is 15.9. The molecular weight excluding hydrogens is 531 g/mol. The molecule has 4 N–H and O–H groups in total. The molecule has 0 rings (SSSR count). The fourth-order valence-electron chi connectivity index (χ4n) is 0. The molecule has 0 bridgehead atoms. The Morgan fingerprint density at radius 2 is 0.459 bits per heavy atom. The van der Waals surface area contributed by atoms with Gasteiger partial charge in [-0.25, -0.2) is 19.2 Å². The van der Waals surface area contributed by atoms with E-state index in [1.807, 2.05) is 0 Å². The summed E-state index contributed by atoms with van der Waals surface area (Å²) in [4.78, 5) is 64.4. The minimum absolute atomic E-state index is 0. The van der Waals surface area contributed by atoms with E-state index in [1.165, 1.54) is 0 Å². The molecule has 0 atom stereocenters. The van der Waals surface area contributed by atoms with Gasteiger partial charge in [0.05, 0.1) is 17.9 Å². The minimum atomic E-state index is -1.23. The second kappa shape index (κ2) is 52.9. The maximum Gasteiger partial charge on any atom is 3.00 e. The summed E-state index contributed by atoms with van der Waals surface area (Å²) in [5.41, 5.74) is 0. The molecule has 0 aliphatic rings. The van der Waals surface area contributed by atoms with Crippen molar-refractivity contribution in [3.05, 3.63) is 88.6 Å². The minimum Gasteiger partial charge on any atom is -0.545 e. The summed E-state index contributed by atoms with van der Waals surface area (Å²) >= 11 is 0. The van der Waals surface area contributed by atoms with Gasteiger partial charge in [-0.1, -0.05) is 46.1 Å². The van der Waals surface area contributed by atoms with Crippen molar-refractivity contribution in [2.45, 2.75) is 0 Å². The van der Waals surface area contributed by atoms with Gasteiger partial charge in [0.1, 0.15) is 0 Å². The molecule has 0 aliphatic heterocycles. The predicted molar refractivity (Wildman–Crippen MR) is 134 cm³/mol. The summed E-state index contributed by atoms with van der Waals surface area (Å²) in [6, 6.07) is 0. The van der Waals surface area contributed by atoms with Gasteiger partial charge in [-0.2, -0.15) is 0 Å². The first kappa shape index (κ1) is 58.2. The molecule has 0 aromatic rings. The Labute approximate surface area is 228 Å². The van der Waals surface area contributed by atoms with E-state index in [0.717, 1.165) is 42.5 Å². The molecule has 37 heavy (non-hydrogen) atoms. The summed E-state index contributed by atoms with van der Waals surface area (Å²) in [5, 5.41) is 57.8. The largest absolute Gasteiger partial charge is 3.00 e. The van der Waals surface area contributed by atoms with Crippen LogP contribution in [0.15, 0.2) is 88.6 Å². The van der Waals surface area contributed by atoms with Gasteiger partial charge in [-0.3, -0.25) is 0 Å². The summed E-state index contributed by atoms with van der Waals surface area (Å²) in [7, 11) is 0. The number of carbonyl (C=O) groups is 7. The maximum absolute atomic E-state index is 9.25. The van der Waals surface area contributed by atoms with Gasteiger partial charge in [-0.05, 0) is 29.2 Å². The molecule has 0 spiro atoms. The van der Waals surface area contributed by atoms with Crippen molar-refractivity contribution >= 4 is 70.1 Å². The van der Waals surface area contributed by atoms with E-state index in [4.69, 9.17) is 50.1 Å². The molecule has 0 saturated carbocycles. The fourth-order valence-corrected chi connectivity index (χ4v) is 0. The number of aliphatic carboxylic acids is 7. The van der Waals surface area contributed by atoms with Crippen molar-refractivity contribution in [1.82, 2.24) is 0 Å². The second-order valence-corrected chi connectivity index (χ2v) is 3.74. The molecule has 204 valence electrons. The van der Waals surface area contributed by atoms with Crippen molar-refractivity contribution in [2.24, 2.45) is 0 Å². The van der Waals surface area contributed by atoms with Crippen LogP contribution in [0.2, 0.25) is 0 Å². The van der Waals surface area contributed by atoms with E-state index in [2.05, 4.69) is 46.1 Å². The molecule has 14 nitrogen and oxygen atoms in total. The number of carboxylic acids is 7. The van der Waals surface area contributed by atoms with E-state index in [9.17, 15) is 19.2 Å². The standard InChI is InChI=1S/7C3H4O2.Al.H4Si/c7*1-2-3(4)5;;/h7*2H,1H2,(H,4,5);;1H4/q;;;;;;;+3;/p-3. The maximum atomic E-state index is 9.25. The molecule has 16 heteroatoms. The van der Waals surface area contributed by atoms with Gasteiger partial charge in [0, 0.05) is 24.3 Å². The second-order valence-electron chi connectivity index (χ2n) is 3.74. The predicted octanol–water partition coefficient (Wildman–Crippen LogP) is -4.04. The van der Waals surface area contributed by atoms with Gasteiger partial charge in [0.2, 0.25) is 0 Å². The Hall–Kier alpha value is -4.78. The van der Waals surface area contributed by atoms with Crippen molar-refractivity contribution < 1.29 is 69.3 Å². The summed E-state index contributed by atoms with van der Waals surface area (Å²) in [6.07, 6.45) is 5.50. The van der Waals surface area contributed by atoms with Gasteiger partial charge in [0.25, 0.3) is 0 Å². The van der Waals surface area contributed by atoms with E-state index >= 15 is 0 Å². The zero-order chi connectivity index (χ0) is 30.0. The third-order valence-electron chi connectivity index (χ3n) is 1.20. The van der Waals surface area contributed by atoms with E-state index in [0.29, 0.717) is 0 Å². The molecule has 0 heterocycles. The molecule has 0 saturated heterocycles. The van der Waals surface area contributed by atoms with E-state index in [-0.39, 0.29) is 28.3 Å². The van der Waals surface area contributed by atoms with Crippen LogP contribution < -0.4 is 15.3 Å². The molecule has 0 amide bonds. The zero-order valence-corrected chi connectivity index (χ0v) is 20.1. The average Bonchev–Trinajstić information content (AvgIpc) is 2.80. The van der Waals surface area contributed by atoms with E-state index < -0.39 is 41.8 Å². The Morgan fingerprint density at radius 1 is 0.405 bits per heavy atom. The van der Waals surface area contributed by atoms with Crippen molar-refractivity contribution in [1.29, 1.82) is 0 Å². The Balaban J connectivity index is -0.0000000350. The number of carbonyl (C=O) groups excluding carboxylic acids is 3. The normalized spacial score (nSPS) is 6.05. The smallest absolute Gasteiger partial charge is 0.545 e. The SMILES string of the molecule is C=CC(=O)O.C=CC(=O)O.C=CC(=O)O.C=CC(=O)O.C=CC(=O)[O-].C=CC(=O)[O-].C=CC(=O)[O-].[Al+3].[SiH4]. The van der Waals surface area contributed by atoms with Crippen LogP contribution in [-0.4, -0.2) is 90.5 Å². The van der Waals surface area contributed by atoms with Crippen LogP contribution in [0.5, 0.6) is 0 Å². The van der Waals surface area contributed by atoms with Crippen molar-refractivity contribution in [2.75, 3.05) is 0 Å². The number of hydrogen-bond donors (Lipinski definition) is 4. The van der Waals surface area contributed by atoms with Crippen LogP contribution in [0.4, 0.5) is 0 Å². The molecular formula is C21H29AlO14Si. The Kier molecular flexibility index (Phi) is 83.2. The molecule has 0 fully saturated rings.